The van der Waals surface area contributed by atoms with Gasteiger partial charge in [-0.2, -0.15) is 0 Å². The molecule has 86 heavy (non-hydrogen) atoms. The van der Waals surface area contributed by atoms with Crippen molar-refractivity contribution in [2.75, 3.05) is 4.90 Å². The van der Waals surface area contributed by atoms with Crippen molar-refractivity contribution in [3.8, 4) is 91.2 Å². The Morgan fingerprint density at radius 2 is 0.965 bits per heavy atom. The van der Waals surface area contributed by atoms with Crippen molar-refractivity contribution < 1.29 is 35.7 Å². The van der Waals surface area contributed by atoms with Crippen LogP contribution in [-0.2, 0) is 0 Å². The molecular formula is C73H58N6O7. The van der Waals surface area contributed by atoms with Gasteiger partial charge in [-0.05, 0) is 140 Å². The zero-order valence-corrected chi connectivity index (χ0v) is 47.4. The maximum Gasteiger partial charge on any atom is 0.205 e. The number of benzene rings is 9. The standard InChI is InChI=1S/C66H48N6O7.C7H10/c1-34-35(2)57(73)61(77)59(75)55(34)65-67-64(68-66(69-65)56-36(3)58(74)62(78)63(79)60(56)76)38-21-24-40(25-22-38)70-52-29-26-41(71-49-18-10-7-15-43(49)44-16-8-11-19-50(44)71)32-47(52)48-33-42(27-30-53(48)70)72-51-20-12-9-17-45(51)46-28-23-39(31-54(46)72)37-13-5-4-6-14-37;1-7-5-3-2-4-6-7/h4-31,33,47,73-79H,32H2,1-3H3;2-5,7H,6H2,1H3. The molecule has 0 radical (unpaired) electrons. The molecule has 1 aliphatic heterocycles. The van der Waals surface area contributed by atoms with Gasteiger partial charge < -0.3 is 49.8 Å². The Bertz CT molecular complexity index is 4720. The maximum atomic E-state index is 11.3. The van der Waals surface area contributed by atoms with E-state index in [0.29, 0.717) is 17.5 Å². The fraction of sp³-hybridized carbons (Fsp3) is 0.110. The van der Waals surface area contributed by atoms with E-state index in [1.54, 1.807) is 13.8 Å². The minimum Gasteiger partial charge on any atom is -0.504 e. The molecule has 4 heterocycles. The maximum absolute atomic E-state index is 11.3. The summed E-state index contributed by atoms with van der Waals surface area (Å²) in [7, 11) is 0. The van der Waals surface area contributed by atoms with Gasteiger partial charge in [-0.15, -0.1) is 0 Å². The lowest BCUT2D eigenvalue weighted by molar-refractivity contribution is 0.345. The van der Waals surface area contributed by atoms with Crippen molar-refractivity contribution in [2.45, 2.75) is 46.5 Å². The molecule has 0 spiro atoms. The minimum absolute atomic E-state index is 0.0205. The monoisotopic (exact) mass is 1130 g/mol. The Labute approximate surface area is 494 Å². The molecule has 13 nitrogen and oxygen atoms in total. The Morgan fingerprint density at radius 1 is 0.430 bits per heavy atom. The van der Waals surface area contributed by atoms with Crippen LogP contribution in [-0.4, -0.2) is 59.8 Å². The van der Waals surface area contributed by atoms with Gasteiger partial charge in [0.15, 0.2) is 40.5 Å². The Balaban J connectivity index is 0.000000873. The summed E-state index contributed by atoms with van der Waals surface area (Å²) in [4.78, 5) is 16.4. The summed E-state index contributed by atoms with van der Waals surface area (Å²) >= 11 is 0. The third kappa shape index (κ3) is 8.49. The predicted molar refractivity (Wildman–Crippen MR) is 342 cm³/mol. The molecule has 422 valence electrons. The molecule has 0 amide bonds. The first-order chi connectivity index (χ1) is 41.7. The van der Waals surface area contributed by atoms with Crippen LogP contribution in [0, 0.1) is 26.7 Å². The largest absolute Gasteiger partial charge is 0.504 e. The highest BCUT2D eigenvalue weighted by atomic mass is 16.3. The number of allylic oxidation sites excluding steroid dienone is 8. The Kier molecular flexibility index (Phi) is 12.7. The van der Waals surface area contributed by atoms with Crippen LogP contribution in [0.15, 0.2) is 206 Å². The summed E-state index contributed by atoms with van der Waals surface area (Å²) in [6, 6.07) is 57.3. The summed E-state index contributed by atoms with van der Waals surface area (Å²) in [6.45, 7) is 6.83. The molecule has 7 N–H and O–H groups in total. The van der Waals surface area contributed by atoms with Crippen LogP contribution in [0.1, 0.15) is 47.9 Å². The van der Waals surface area contributed by atoms with E-state index in [-0.39, 0.29) is 45.6 Å². The number of aromatic hydroxyl groups is 7. The number of rotatable bonds is 7. The second-order valence-electron chi connectivity index (χ2n) is 22.3. The van der Waals surface area contributed by atoms with Gasteiger partial charge >= 0.3 is 0 Å². The van der Waals surface area contributed by atoms with Crippen LogP contribution in [0.3, 0.4) is 0 Å². The lowest BCUT2D eigenvalue weighted by Gasteiger charge is -2.27. The first-order valence-corrected chi connectivity index (χ1v) is 28.6. The minimum atomic E-state index is -0.985. The van der Waals surface area contributed by atoms with E-state index in [1.165, 1.54) is 40.6 Å². The van der Waals surface area contributed by atoms with Gasteiger partial charge in [0.1, 0.15) is 0 Å². The second kappa shape index (κ2) is 20.7. The molecule has 12 aromatic rings. The van der Waals surface area contributed by atoms with Crippen molar-refractivity contribution in [2.24, 2.45) is 5.92 Å². The average molecular weight is 1130 g/mol. The molecule has 2 unspecified atom stereocenters. The number of hydrogen-bond acceptors (Lipinski definition) is 11. The topological polar surface area (TPSA) is 193 Å². The van der Waals surface area contributed by atoms with Crippen molar-refractivity contribution >= 4 is 60.7 Å². The molecule has 2 atom stereocenters. The first-order valence-electron chi connectivity index (χ1n) is 28.6. The smallest absolute Gasteiger partial charge is 0.205 e. The molecule has 3 aromatic heterocycles. The average Bonchev–Trinajstić information content (AvgIpc) is 1.77. The molecule has 0 saturated heterocycles. The van der Waals surface area contributed by atoms with Crippen molar-refractivity contribution in [1.29, 1.82) is 0 Å². The molecule has 0 fully saturated rings. The van der Waals surface area contributed by atoms with E-state index < -0.39 is 40.2 Å². The van der Waals surface area contributed by atoms with Gasteiger partial charge in [-0.3, -0.25) is 0 Å². The van der Waals surface area contributed by atoms with Gasteiger partial charge in [0.2, 0.25) is 17.2 Å². The van der Waals surface area contributed by atoms with E-state index >= 15 is 0 Å². The van der Waals surface area contributed by atoms with Gasteiger partial charge in [-0.25, -0.2) is 15.0 Å². The summed E-state index contributed by atoms with van der Waals surface area (Å²) in [5, 5.41) is 80.7. The zero-order valence-electron chi connectivity index (χ0n) is 47.4. The highest BCUT2D eigenvalue weighted by molar-refractivity contribution is 6.11. The van der Waals surface area contributed by atoms with E-state index in [9.17, 15) is 35.7 Å². The highest BCUT2D eigenvalue weighted by Gasteiger charge is 2.38. The van der Waals surface area contributed by atoms with Crippen LogP contribution in [0.4, 0.5) is 11.4 Å². The van der Waals surface area contributed by atoms with E-state index in [4.69, 9.17) is 9.97 Å². The third-order valence-corrected chi connectivity index (χ3v) is 17.3. The van der Waals surface area contributed by atoms with Gasteiger partial charge in [0, 0.05) is 73.5 Å². The van der Waals surface area contributed by atoms with E-state index in [1.807, 2.05) is 30.3 Å². The summed E-state index contributed by atoms with van der Waals surface area (Å²) in [5.74, 6) is -4.97. The number of aromatic nitrogens is 5. The van der Waals surface area contributed by atoms with E-state index in [0.717, 1.165) is 67.4 Å². The van der Waals surface area contributed by atoms with Gasteiger partial charge in [0.05, 0.1) is 33.2 Å². The number of phenolic OH excluding ortho intramolecular Hbond substituents is 7. The number of fused-ring (bicyclic) bond motifs is 9. The third-order valence-electron chi connectivity index (χ3n) is 17.3. The summed E-state index contributed by atoms with van der Waals surface area (Å²) < 4.78 is 4.78. The number of hydrogen-bond donors (Lipinski definition) is 7. The lowest BCUT2D eigenvalue weighted by Crippen LogP contribution is -2.16. The molecular weight excluding hydrogens is 1070 g/mol. The SMILES string of the molecule is CC1C=CC=CC1.Cc1c(C)c(-c2nc(-c3ccc(N4C5=CC=C(n6c7ccccc7c7ccccc76)CC5c5cc(-n6c7ccccc7c7ccc(-c8ccccc8)cc76)ccc54)cc3)nc(-c3c(C)c(O)c(O)c(O)c3O)n2)c(O)c(O)c1O. The number of anilines is 2. The number of phenols is 7. The van der Waals surface area contributed by atoms with Gasteiger partial charge in [-0.1, -0.05) is 128 Å². The fourth-order valence-electron chi connectivity index (χ4n) is 12.7. The van der Waals surface area contributed by atoms with Crippen molar-refractivity contribution in [1.82, 2.24) is 24.1 Å². The summed E-state index contributed by atoms with van der Waals surface area (Å²) in [5.41, 5.74) is 13.9. The van der Waals surface area contributed by atoms with Crippen LogP contribution in [0.5, 0.6) is 40.2 Å². The van der Waals surface area contributed by atoms with Crippen LogP contribution < -0.4 is 4.90 Å². The fourth-order valence-corrected chi connectivity index (χ4v) is 12.7. The van der Waals surface area contributed by atoms with E-state index in [2.05, 4.69) is 196 Å². The number of para-hydroxylation sites is 3. The predicted octanol–water partition coefficient (Wildman–Crippen LogP) is 16.8. The quantitative estimate of drug-likeness (QED) is 0.0593. The van der Waals surface area contributed by atoms with Crippen molar-refractivity contribution in [3.63, 3.8) is 0 Å². The molecule has 9 aromatic carbocycles. The lowest BCUT2D eigenvalue weighted by atomic mass is 9.89. The van der Waals surface area contributed by atoms with Crippen LogP contribution in [0.25, 0.3) is 100 Å². The summed E-state index contributed by atoms with van der Waals surface area (Å²) in [6.07, 6.45) is 15.0. The normalized spacial score (nSPS) is 15.2. The molecule has 0 saturated carbocycles. The van der Waals surface area contributed by atoms with Crippen molar-refractivity contribution in [3.05, 3.63) is 228 Å². The Hall–Kier alpha value is -11.0. The highest BCUT2D eigenvalue weighted by Crippen LogP contribution is 2.55. The molecule has 15 rings (SSSR count). The molecule has 2 aliphatic carbocycles. The zero-order chi connectivity index (χ0) is 59.2. The molecule has 13 heteroatoms. The first kappa shape index (κ1) is 53.0. The number of nitrogens with zero attached hydrogens (tertiary/aromatic N) is 6. The Morgan fingerprint density at radius 3 is 1.58 bits per heavy atom. The second-order valence-corrected chi connectivity index (χ2v) is 22.3. The van der Waals surface area contributed by atoms with Crippen LogP contribution in [0.2, 0.25) is 0 Å². The molecule has 0 bridgehead atoms. The van der Waals surface area contributed by atoms with Crippen LogP contribution >= 0.6 is 0 Å². The van der Waals surface area contributed by atoms with Gasteiger partial charge in [0.25, 0.3) is 0 Å². The molecule has 3 aliphatic rings.